The number of para-hydroxylation sites is 1. The molecular formula is C16H18N4O2. The summed E-state index contributed by atoms with van der Waals surface area (Å²) < 4.78 is 5.14. The van der Waals surface area contributed by atoms with Crippen molar-refractivity contribution in [3.05, 3.63) is 51.6 Å². The number of hydrogen-bond acceptors (Lipinski definition) is 5. The Morgan fingerprint density at radius 1 is 1.27 bits per heavy atom. The average Bonchev–Trinajstić information content (AvgIpc) is 2.83. The summed E-state index contributed by atoms with van der Waals surface area (Å²) in [6.45, 7) is 4.58. The van der Waals surface area contributed by atoms with Crippen molar-refractivity contribution in [1.29, 1.82) is 0 Å². The van der Waals surface area contributed by atoms with Crippen LogP contribution in [0.15, 0.2) is 33.6 Å². The summed E-state index contributed by atoms with van der Waals surface area (Å²) in [6.07, 6.45) is 1.78. The molecule has 0 spiro atoms. The first kappa shape index (κ1) is 14.3. The van der Waals surface area contributed by atoms with Crippen LogP contribution in [-0.2, 0) is 6.42 Å². The van der Waals surface area contributed by atoms with Crippen molar-refractivity contribution in [2.45, 2.75) is 26.7 Å². The molecule has 0 fully saturated rings. The fraction of sp³-hybridized carbons (Fsp3) is 0.312. The van der Waals surface area contributed by atoms with Gasteiger partial charge in [-0.2, -0.15) is 0 Å². The van der Waals surface area contributed by atoms with Crippen LogP contribution in [-0.4, -0.2) is 21.7 Å². The Morgan fingerprint density at radius 3 is 2.86 bits per heavy atom. The molecule has 0 bridgehead atoms. The van der Waals surface area contributed by atoms with E-state index in [2.05, 4.69) is 20.4 Å². The molecule has 2 heterocycles. The van der Waals surface area contributed by atoms with Gasteiger partial charge >= 0.3 is 0 Å². The molecular weight excluding hydrogens is 280 g/mol. The molecule has 22 heavy (non-hydrogen) atoms. The minimum atomic E-state index is -0.126. The van der Waals surface area contributed by atoms with E-state index in [0.717, 1.165) is 29.9 Å². The third kappa shape index (κ3) is 2.86. The zero-order valence-electron chi connectivity index (χ0n) is 12.6. The minimum absolute atomic E-state index is 0.126. The monoisotopic (exact) mass is 298 g/mol. The molecule has 2 aromatic heterocycles. The maximum absolute atomic E-state index is 12.0. The van der Waals surface area contributed by atoms with Gasteiger partial charge in [0.25, 0.3) is 5.56 Å². The zero-order valence-corrected chi connectivity index (χ0v) is 12.6. The van der Waals surface area contributed by atoms with E-state index in [1.165, 1.54) is 0 Å². The predicted molar refractivity (Wildman–Crippen MR) is 85.2 cm³/mol. The second-order valence-corrected chi connectivity index (χ2v) is 5.26. The number of H-pyrrole nitrogens is 1. The fourth-order valence-electron chi connectivity index (χ4n) is 2.50. The second-order valence-electron chi connectivity index (χ2n) is 5.26. The molecule has 0 saturated heterocycles. The van der Waals surface area contributed by atoms with E-state index < -0.39 is 0 Å². The van der Waals surface area contributed by atoms with Crippen molar-refractivity contribution in [2.24, 2.45) is 0 Å². The number of fused-ring (bicyclic) bond motifs is 1. The highest BCUT2D eigenvalue weighted by molar-refractivity contribution is 5.78. The molecule has 3 aromatic rings. The number of aromatic amines is 1. The van der Waals surface area contributed by atoms with Crippen molar-refractivity contribution in [1.82, 2.24) is 15.1 Å². The van der Waals surface area contributed by atoms with Gasteiger partial charge in [0.15, 0.2) is 0 Å². The first-order chi connectivity index (χ1) is 10.6. The number of benzene rings is 1. The molecule has 0 unspecified atom stereocenters. The summed E-state index contributed by atoms with van der Waals surface area (Å²) in [5, 5.41) is 7.71. The molecule has 3 rings (SSSR count). The lowest BCUT2D eigenvalue weighted by molar-refractivity contribution is 0.392. The lowest BCUT2D eigenvalue weighted by atomic mass is 10.1. The number of anilines is 1. The lowest BCUT2D eigenvalue weighted by Crippen LogP contribution is -2.14. The molecule has 6 nitrogen and oxygen atoms in total. The van der Waals surface area contributed by atoms with E-state index in [1.807, 2.05) is 32.0 Å². The molecule has 0 radical (unpaired) electrons. The van der Waals surface area contributed by atoms with Gasteiger partial charge in [-0.15, -0.1) is 0 Å². The maximum Gasteiger partial charge on any atom is 0.260 e. The van der Waals surface area contributed by atoms with Crippen molar-refractivity contribution in [3.8, 4) is 0 Å². The van der Waals surface area contributed by atoms with Crippen LogP contribution < -0.4 is 10.9 Å². The summed E-state index contributed by atoms with van der Waals surface area (Å²) >= 11 is 0. The third-order valence-corrected chi connectivity index (χ3v) is 3.69. The van der Waals surface area contributed by atoms with E-state index in [0.29, 0.717) is 23.4 Å². The van der Waals surface area contributed by atoms with Gasteiger partial charge in [-0.25, -0.2) is 4.98 Å². The SMILES string of the molecule is Cc1noc(C)c1CCCNc1nc2ccccc2c(=O)[nH]1. The summed E-state index contributed by atoms with van der Waals surface area (Å²) in [5.74, 6) is 1.37. The van der Waals surface area contributed by atoms with Crippen molar-refractivity contribution in [3.63, 3.8) is 0 Å². The van der Waals surface area contributed by atoms with Gasteiger partial charge in [-0.1, -0.05) is 17.3 Å². The second kappa shape index (κ2) is 6.01. The molecule has 6 heteroatoms. The Balaban J connectivity index is 1.64. The van der Waals surface area contributed by atoms with Crippen LogP contribution in [0.1, 0.15) is 23.4 Å². The Kier molecular flexibility index (Phi) is 3.91. The van der Waals surface area contributed by atoms with E-state index in [9.17, 15) is 4.79 Å². The molecule has 114 valence electrons. The highest BCUT2D eigenvalue weighted by Gasteiger charge is 2.08. The Bertz CT molecular complexity index is 831. The molecule has 0 aliphatic rings. The maximum atomic E-state index is 12.0. The van der Waals surface area contributed by atoms with Crippen LogP contribution in [0.4, 0.5) is 5.95 Å². The van der Waals surface area contributed by atoms with Crippen LogP contribution in [0.3, 0.4) is 0 Å². The predicted octanol–water partition coefficient (Wildman–Crippen LogP) is 2.57. The summed E-state index contributed by atoms with van der Waals surface area (Å²) in [6, 6.07) is 7.30. The van der Waals surface area contributed by atoms with E-state index >= 15 is 0 Å². The van der Waals surface area contributed by atoms with Crippen LogP contribution in [0.2, 0.25) is 0 Å². The molecule has 1 aromatic carbocycles. The topological polar surface area (TPSA) is 83.8 Å². The number of rotatable bonds is 5. The van der Waals surface area contributed by atoms with Gasteiger partial charge in [0.1, 0.15) is 5.76 Å². The number of hydrogen-bond donors (Lipinski definition) is 2. The average molecular weight is 298 g/mol. The van der Waals surface area contributed by atoms with Gasteiger partial charge < -0.3 is 9.84 Å². The Labute approximate surface area is 127 Å². The van der Waals surface area contributed by atoms with E-state index in [1.54, 1.807) is 6.07 Å². The number of nitrogens with one attached hydrogen (secondary N) is 2. The number of nitrogens with zero attached hydrogens (tertiary/aromatic N) is 2. The molecule has 0 aliphatic heterocycles. The third-order valence-electron chi connectivity index (χ3n) is 3.69. The van der Waals surface area contributed by atoms with E-state index in [-0.39, 0.29) is 5.56 Å². The van der Waals surface area contributed by atoms with Gasteiger partial charge in [0.05, 0.1) is 16.6 Å². The Morgan fingerprint density at radius 2 is 2.09 bits per heavy atom. The first-order valence-corrected chi connectivity index (χ1v) is 7.30. The van der Waals surface area contributed by atoms with Gasteiger partial charge in [-0.05, 0) is 38.8 Å². The normalized spacial score (nSPS) is 11.0. The van der Waals surface area contributed by atoms with Gasteiger partial charge in [0, 0.05) is 12.1 Å². The summed E-state index contributed by atoms with van der Waals surface area (Å²) in [4.78, 5) is 19.1. The standard InChI is InChI=1S/C16H18N4O2/c1-10-12(11(2)22-20-10)7-5-9-17-16-18-14-8-4-3-6-13(14)15(21)19-16/h3-4,6,8H,5,7,9H2,1-2H3,(H2,17,18,19,21). The molecule has 0 aliphatic carbocycles. The fourth-order valence-corrected chi connectivity index (χ4v) is 2.50. The highest BCUT2D eigenvalue weighted by Crippen LogP contribution is 2.14. The molecule has 2 N–H and O–H groups in total. The Hall–Kier alpha value is -2.63. The first-order valence-electron chi connectivity index (χ1n) is 7.30. The van der Waals surface area contributed by atoms with Crippen LogP contribution in [0.5, 0.6) is 0 Å². The van der Waals surface area contributed by atoms with Gasteiger partial charge in [-0.3, -0.25) is 9.78 Å². The quantitative estimate of drug-likeness (QED) is 0.707. The number of aromatic nitrogens is 3. The van der Waals surface area contributed by atoms with Crippen molar-refractivity contribution < 1.29 is 4.52 Å². The van der Waals surface area contributed by atoms with Crippen molar-refractivity contribution in [2.75, 3.05) is 11.9 Å². The highest BCUT2D eigenvalue weighted by atomic mass is 16.5. The number of aryl methyl sites for hydroxylation is 2. The zero-order chi connectivity index (χ0) is 15.5. The summed E-state index contributed by atoms with van der Waals surface area (Å²) in [7, 11) is 0. The molecule has 0 atom stereocenters. The van der Waals surface area contributed by atoms with E-state index in [4.69, 9.17) is 4.52 Å². The molecule has 0 amide bonds. The molecule has 0 saturated carbocycles. The largest absolute Gasteiger partial charge is 0.361 e. The minimum Gasteiger partial charge on any atom is -0.361 e. The van der Waals surface area contributed by atoms with Crippen LogP contribution in [0.25, 0.3) is 10.9 Å². The van der Waals surface area contributed by atoms with Crippen LogP contribution in [0, 0.1) is 13.8 Å². The lowest BCUT2D eigenvalue weighted by Gasteiger charge is -2.06. The summed E-state index contributed by atoms with van der Waals surface area (Å²) in [5.41, 5.74) is 2.66. The van der Waals surface area contributed by atoms with Crippen molar-refractivity contribution >= 4 is 16.9 Å². The van der Waals surface area contributed by atoms with Crippen LogP contribution >= 0.6 is 0 Å². The smallest absolute Gasteiger partial charge is 0.260 e. The van der Waals surface area contributed by atoms with Gasteiger partial charge in [0.2, 0.25) is 5.95 Å².